The highest BCUT2D eigenvalue weighted by molar-refractivity contribution is 5.71. The van der Waals surface area contributed by atoms with E-state index in [-0.39, 0.29) is 13.2 Å². The van der Waals surface area contributed by atoms with Gasteiger partial charge >= 0.3 is 5.97 Å². The van der Waals surface area contributed by atoms with Gasteiger partial charge in [0.25, 0.3) is 5.09 Å². The van der Waals surface area contributed by atoms with Crippen LogP contribution in [0.5, 0.6) is 0 Å². The number of carboxylic acid groups (broad SMARTS) is 1. The summed E-state index contributed by atoms with van der Waals surface area (Å²) in [5.74, 6) is -1.15. The van der Waals surface area contributed by atoms with Crippen molar-refractivity contribution in [2.75, 3.05) is 20.3 Å². The molecule has 0 saturated carbocycles. The van der Waals surface area contributed by atoms with Crippen LogP contribution in [0.1, 0.15) is 6.92 Å². The molecule has 8 heteroatoms. The van der Waals surface area contributed by atoms with Crippen LogP contribution in [-0.2, 0) is 19.1 Å². The topological polar surface area (TPSA) is 108 Å². The fraction of sp³-hybridized carbons (Fsp3) is 0.857. The Kier molecular flexibility index (Phi) is 6.30. The third-order valence-corrected chi connectivity index (χ3v) is 1.47. The van der Waals surface area contributed by atoms with Gasteiger partial charge in [0.1, 0.15) is 0 Å². The molecule has 0 aliphatic carbocycles. The van der Waals surface area contributed by atoms with Crippen molar-refractivity contribution in [1.29, 1.82) is 0 Å². The van der Waals surface area contributed by atoms with Crippen LogP contribution in [0.3, 0.4) is 0 Å². The number of ether oxygens (including phenoxy) is 2. The van der Waals surface area contributed by atoms with Gasteiger partial charge in [-0.3, -0.25) is 0 Å². The third kappa shape index (κ3) is 6.63. The van der Waals surface area contributed by atoms with Gasteiger partial charge in [-0.15, -0.1) is 10.1 Å². The third-order valence-electron chi connectivity index (χ3n) is 1.47. The molecule has 8 nitrogen and oxygen atoms in total. The van der Waals surface area contributed by atoms with Crippen LogP contribution in [0, 0.1) is 10.1 Å². The van der Waals surface area contributed by atoms with Crippen LogP contribution >= 0.6 is 0 Å². The lowest BCUT2D eigenvalue weighted by Crippen LogP contribution is -2.31. The molecule has 0 radical (unpaired) electrons. The summed E-state index contributed by atoms with van der Waals surface area (Å²) in [7, 11) is 1.34. The van der Waals surface area contributed by atoms with Crippen LogP contribution in [0.25, 0.3) is 0 Å². The molecule has 2 atom stereocenters. The van der Waals surface area contributed by atoms with Crippen LogP contribution in [0.4, 0.5) is 0 Å². The largest absolute Gasteiger partial charge is 0.479 e. The molecule has 0 aliphatic heterocycles. The first-order valence-electron chi connectivity index (χ1n) is 4.11. The maximum Gasteiger partial charge on any atom is 0.332 e. The molecule has 0 rings (SSSR count). The van der Waals surface area contributed by atoms with E-state index in [2.05, 4.69) is 9.57 Å². The van der Waals surface area contributed by atoms with Crippen molar-refractivity contribution in [2.24, 2.45) is 0 Å². The zero-order valence-electron chi connectivity index (χ0n) is 8.41. The summed E-state index contributed by atoms with van der Waals surface area (Å²) < 4.78 is 9.45. The van der Waals surface area contributed by atoms with Crippen molar-refractivity contribution < 1.29 is 29.3 Å². The molecule has 0 amide bonds. The summed E-state index contributed by atoms with van der Waals surface area (Å²) in [4.78, 5) is 24.6. The highest BCUT2D eigenvalue weighted by atomic mass is 17.0. The minimum absolute atomic E-state index is 0.0483. The van der Waals surface area contributed by atoms with E-state index in [0.29, 0.717) is 0 Å². The molecule has 1 N–H and O–H groups in total. The first-order chi connectivity index (χ1) is 6.97. The number of aliphatic carboxylic acids is 1. The summed E-state index contributed by atoms with van der Waals surface area (Å²) in [6, 6.07) is 0. The van der Waals surface area contributed by atoms with Gasteiger partial charge < -0.3 is 19.4 Å². The number of hydrogen-bond acceptors (Lipinski definition) is 6. The maximum absolute atomic E-state index is 10.4. The molecule has 0 aromatic heterocycles. The SMILES string of the molecule is COC[C@H](COC(C)C(=O)O)O[N+](=O)[O-]. The van der Waals surface area contributed by atoms with Crippen molar-refractivity contribution in [1.82, 2.24) is 0 Å². The molecule has 0 spiro atoms. The molecule has 0 aromatic rings. The smallest absolute Gasteiger partial charge is 0.332 e. The van der Waals surface area contributed by atoms with E-state index < -0.39 is 23.3 Å². The van der Waals surface area contributed by atoms with Crippen molar-refractivity contribution in [3.63, 3.8) is 0 Å². The normalized spacial score (nSPS) is 14.3. The van der Waals surface area contributed by atoms with Crippen LogP contribution < -0.4 is 0 Å². The molecular weight excluding hydrogens is 210 g/mol. The molecule has 0 heterocycles. The Bertz CT molecular complexity index is 219. The summed E-state index contributed by atoms with van der Waals surface area (Å²) in [6.07, 6.45) is -1.97. The monoisotopic (exact) mass is 223 g/mol. The predicted octanol–water partition coefficient (Wildman–Crippen LogP) is -0.301. The van der Waals surface area contributed by atoms with Gasteiger partial charge in [0.2, 0.25) is 0 Å². The standard InChI is InChI=1S/C7H13NO7/c1-5(7(9)10)14-4-6(3-13-2)15-8(11)12/h5-6H,3-4H2,1-2H3,(H,9,10)/t5?,6-/m1/s1. The van der Waals surface area contributed by atoms with E-state index in [4.69, 9.17) is 9.84 Å². The summed E-state index contributed by atoms with van der Waals surface area (Å²) in [6.45, 7) is 1.05. The van der Waals surface area contributed by atoms with E-state index in [1.807, 2.05) is 0 Å². The molecule has 0 aliphatic rings. The lowest BCUT2D eigenvalue weighted by atomic mass is 10.4. The molecule has 88 valence electrons. The van der Waals surface area contributed by atoms with E-state index in [0.717, 1.165) is 0 Å². The Morgan fingerprint density at radius 1 is 1.53 bits per heavy atom. The van der Waals surface area contributed by atoms with Crippen molar-refractivity contribution in [3.05, 3.63) is 10.1 Å². The molecule has 15 heavy (non-hydrogen) atoms. The maximum atomic E-state index is 10.4. The van der Waals surface area contributed by atoms with Crippen LogP contribution in [0.15, 0.2) is 0 Å². The Hall–Kier alpha value is -1.41. The van der Waals surface area contributed by atoms with Gasteiger partial charge in [-0.2, -0.15) is 0 Å². The minimum Gasteiger partial charge on any atom is -0.479 e. The molecule has 0 aromatic carbocycles. The van der Waals surface area contributed by atoms with E-state index in [1.165, 1.54) is 14.0 Å². The highest BCUT2D eigenvalue weighted by Gasteiger charge is 2.18. The number of nitrogens with zero attached hydrogens (tertiary/aromatic N) is 1. The first kappa shape index (κ1) is 13.6. The van der Waals surface area contributed by atoms with Gasteiger partial charge in [-0.25, -0.2) is 4.79 Å². The Balaban J connectivity index is 3.94. The number of rotatable bonds is 8. The first-order valence-corrected chi connectivity index (χ1v) is 4.11. The van der Waals surface area contributed by atoms with Gasteiger partial charge in [0.05, 0.1) is 13.2 Å². The zero-order chi connectivity index (χ0) is 11.8. The molecule has 0 saturated heterocycles. The molecular formula is C7H13NO7. The lowest BCUT2D eigenvalue weighted by molar-refractivity contribution is -0.769. The predicted molar refractivity (Wildman–Crippen MR) is 46.8 cm³/mol. The number of carboxylic acids is 1. The summed E-state index contributed by atoms with van der Waals surface area (Å²) >= 11 is 0. The second kappa shape index (κ2) is 6.96. The highest BCUT2D eigenvalue weighted by Crippen LogP contribution is 1.98. The van der Waals surface area contributed by atoms with Crippen LogP contribution in [-0.4, -0.2) is 48.7 Å². The quantitative estimate of drug-likeness (QED) is 0.444. The molecule has 0 bridgehead atoms. The average Bonchev–Trinajstić information content (AvgIpc) is 2.13. The lowest BCUT2D eigenvalue weighted by Gasteiger charge is -2.15. The van der Waals surface area contributed by atoms with Crippen molar-refractivity contribution >= 4 is 5.97 Å². The van der Waals surface area contributed by atoms with Gasteiger partial charge in [0, 0.05) is 7.11 Å². The van der Waals surface area contributed by atoms with E-state index >= 15 is 0 Å². The van der Waals surface area contributed by atoms with Gasteiger partial charge in [-0.05, 0) is 6.92 Å². The summed E-state index contributed by atoms with van der Waals surface area (Å²) in [5, 5.41) is 17.5. The zero-order valence-corrected chi connectivity index (χ0v) is 8.41. The molecule has 0 fully saturated rings. The minimum atomic E-state index is -1.15. The Labute approximate surface area is 85.8 Å². The van der Waals surface area contributed by atoms with Crippen molar-refractivity contribution in [2.45, 2.75) is 19.1 Å². The van der Waals surface area contributed by atoms with Crippen LogP contribution in [0.2, 0.25) is 0 Å². The fourth-order valence-corrected chi connectivity index (χ4v) is 0.740. The van der Waals surface area contributed by atoms with Gasteiger partial charge in [0.15, 0.2) is 12.2 Å². The number of hydrogen-bond donors (Lipinski definition) is 1. The Morgan fingerprint density at radius 2 is 2.13 bits per heavy atom. The number of carbonyl (C=O) groups is 1. The van der Waals surface area contributed by atoms with E-state index in [9.17, 15) is 14.9 Å². The van der Waals surface area contributed by atoms with Gasteiger partial charge in [-0.1, -0.05) is 0 Å². The Morgan fingerprint density at radius 3 is 2.53 bits per heavy atom. The summed E-state index contributed by atoms with van der Waals surface area (Å²) in [5.41, 5.74) is 0. The second-order valence-corrected chi connectivity index (χ2v) is 2.72. The second-order valence-electron chi connectivity index (χ2n) is 2.72. The fourth-order valence-electron chi connectivity index (χ4n) is 0.740. The number of methoxy groups -OCH3 is 1. The van der Waals surface area contributed by atoms with Crippen molar-refractivity contribution in [3.8, 4) is 0 Å². The average molecular weight is 223 g/mol. The van der Waals surface area contributed by atoms with E-state index in [1.54, 1.807) is 0 Å². The molecule has 1 unspecified atom stereocenters.